The number of hydrogen-bond donors (Lipinski definition) is 2. The number of nitrogens with one attached hydrogen (secondary N) is 1. The molecule has 4 rings (SSSR count). The van der Waals surface area contributed by atoms with E-state index in [4.69, 9.17) is 9.47 Å². The smallest absolute Gasteiger partial charge is 0.323 e. The van der Waals surface area contributed by atoms with Crippen LogP contribution in [0.1, 0.15) is 5.56 Å². The van der Waals surface area contributed by atoms with Crippen LogP contribution in [0.3, 0.4) is 0 Å². The number of carbonyl (C=O) groups excluding carboxylic acids is 2. The van der Waals surface area contributed by atoms with E-state index in [1.54, 1.807) is 42.5 Å². The van der Waals surface area contributed by atoms with Crippen molar-refractivity contribution in [2.75, 3.05) is 25.7 Å². The number of benzene rings is 2. The molecule has 0 spiro atoms. The molecule has 2 aliphatic heterocycles. The van der Waals surface area contributed by atoms with Gasteiger partial charge in [0.2, 0.25) is 0 Å². The summed E-state index contributed by atoms with van der Waals surface area (Å²) in [7, 11) is 3.04. The van der Waals surface area contributed by atoms with E-state index in [-0.39, 0.29) is 15.6 Å². The van der Waals surface area contributed by atoms with Gasteiger partial charge in [-0.25, -0.2) is 4.99 Å². The fourth-order valence-corrected chi connectivity index (χ4v) is 4.24. The van der Waals surface area contributed by atoms with Gasteiger partial charge in [-0.1, -0.05) is 18.2 Å². The number of amides is 2. The van der Waals surface area contributed by atoms with E-state index in [9.17, 15) is 19.5 Å². The second-order valence-electron chi connectivity index (χ2n) is 6.52. The molecule has 1 saturated heterocycles. The highest BCUT2D eigenvalue weighted by Gasteiger charge is 2.40. The zero-order chi connectivity index (χ0) is 22.1. The third-order valence-electron chi connectivity index (χ3n) is 4.68. The summed E-state index contributed by atoms with van der Waals surface area (Å²) in [6.45, 7) is -0.497. The van der Waals surface area contributed by atoms with Crippen molar-refractivity contribution in [3.63, 3.8) is 0 Å². The second kappa shape index (κ2) is 8.15. The molecule has 2 aromatic carbocycles. The molecular weight excluding hydrogens is 422 g/mol. The van der Waals surface area contributed by atoms with E-state index >= 15 is 0 Å². The minimum atomic E-state index is -1.15. The van der Waals surface area contributed by atoms with Crippen LogP contribution in [0.15, 0.2) is 52.4 Å². The van der Waals surface area contributed by atoms with Crippen molar-refractivity contribution in [2.24, 2.45) is 4.99 Å². The Morgan fingerprint density at radius 3 is 2.65 bits per heavy atom. The van der Waals surface area contributed by atoms with Crippen LogP contribution in [0.2, 0.25) is 0 Å². The zero-order valence-electron chi connectivity index (χ0n) is 16.5. The number of amidine groups is 1. The summed E-state index contributed by atoms with van der Waals surface area (Å²) < 4.78 is 10.5. The lowest BCUT2D eigenvalue weighted by Crippen LogP contribution is -2.32. The van der Waals surface area contributed by atoms with Gasteiger partial charge in [-0.3, -0.25) is 19.3 Å². The van der Waals surface area contributed by atoms with Gasteiger partial charge in [0.15, 0.2) is 5.17 Å². The van der Waals surface area contributed by atoms with E-state index in [0.29, 0.717) is 28.4 Å². The summed E-state index contributed by atoms with van der Waals surface area (Å²) in [6.07, 6.45) is 0. The Kier molecular flexibility index (Phi) is 5.38. The molecular formula is C21H17N3O6S. The van der Waals surface area contributed by atoms with Gasteiger partial charge in [0.25, 0.3) is 11.8 Å². The molecule has 0 radical (unpaired) electrons. The molecule has 2 N–H and O–H groups in total. The summed E-state index contributed by atoms with van der Waals surface area (Å²) in [4.78, 5) is 42.7. The van der Waals surface area contributed by atoms with Crippen LogP contribution in [-0.2, 0) is 14.4 Å². The van der Waals surface area contributed by atoms with Gasteiger partial charge in [0.05, 0.1) is 30.4 Å². The lowest BCUT2D eigenvalue weighted by Gasteiger charge is -2.13. The highest BCUT2D eigenvalue weighted by molar-refractivity contribution is 8.18. The van der Waals surface area contributed by atoms with E-state index in [0.717, 1.165) is 16.7 Å². The monoisotopic (exact) mass is 439 g/mol. The molecule has 2 heterocycles. The molecule has 2 aliphatic rings. The maximum Gasteiger partial charge on any atom is 0.323 e. The van der Waals surface area contributed by atoms with Crippen LogP contribution in [0, 0.1) is 0 Å². The number of carboxylic acid groups (broad SMARTS) is 1. The Balaban J connectivity index is 1.74. The number of hydrogen-bond acceptors (Lipinski definition) is 7. The quantitative estimate of drug-likeness (QED) is 0.687. The average Bonchev–Trinajstić information content (AvgIpc) is 3.24. The largest absolute Gasteiger partial charge is 0.497 e. The van der Waals surface area contributed by atoms with Crippen LogP contribution in [-0.4, -0.2) is 48.8 Å². The van der Waals surface area contributed by atoms with Gasteiger partial charge in [-0.2, -0.15) is 0 Å². The minimum absolute atomic E-state index is 0.159. The maximum atomic E-state index is 13.0. The third kappa shape index (κ3) is 3.73. The first-order valence-corrected chi connectivity index (χ1v) is 9.92. The molecule has 158 valence electrons. The van der Waals surface area contributed by atoms with Gasteiger partial charge in [-0.05, 0) is 30.0 Å². The first kappa shape index (κ1) is 20.5. The fraction of sp³-hybridized carbons (Fsp3) is 0.143. The van der Waals surface area contributed by atoms with Crippen LogP contribution in [0.25, 0.3) is 5.57 Å². The Bertz CT molecular complexity index is 1170. The van der Waals surface area contributed by atoms with Gasteiger partial charge >= 0.3 is 5.97 Å². The van der Waals surface area contributed by atoms with Crippen molar-refractivity contribution >= 4 is 51.7 Å². The van der Waals surface area contributed by atoms with E-state index in [2.05, 4.69) is 10.3 Å². The Labute approximate surface area is 181 Å². The topological polar surface area (TPSA) is 118 Å². The lowest BCUT2D eigenvalue weighted by atomic mass is 10.1. The predicted octanol–water partition coefficient (Wildman–Crippen LogP) is 2.40. The molecule has 0 atom stereocenters. The van der Waals surface area contributed by atoms with Crippen LogP contribution < -0.4 is 19.7 Å². The summed E-state index contributed by atoms with van der Waals surface area (Å²) in [5, 5.41) is 12.1. The van der Waals surface area contributed by atoms with Gasteiger partial charge in [0, 0.05) is 11.6 Å². The number of carboxylic acids is 1. The summed E-state index contributed by atoms with van der Waals surface area (Å²) in [6, 6.07) is 11.8. The van der Waals surface area contributed by atoms with Crippen LogP contribution in [0.5, 0.6) is 11.5 Å². The highest BCUT2D eigenvalue weighted by Crippen LogP contribution is 2.43. The number of rotatable bonds is 5. The van der Waals surface area contributed by atoms with E-state index in [1.165, 1.54) is 14.2 Å². The van der Waals surface area contributed by atoms with Crippen molar-refractivity contribution in [2.45, 2.75) is 0 Å². The SMILES string of the molecule is COc1ccc(N=C2NC(=O)C(=C3C(=O)N(CC(=O)O)c4ccccc43)S2)c(OC)c1. The molecule has 1 fully saturated rings. The molecule has 0 aromatic heterocycles. The van der Waals surface area contributed by atoms with E-state index in [1.807, 2.05) is 0 Å². The number of thioether (sulfide) groups is 1. The molecule has 9 nitrogen and oxygen atoms in total. The van der Waals surface area contributed by atoms with Crippen molar-refractivity contribution in [3.8, 4) is 11.5 Å². The Morgan fingerprint density at radius 2 is 1.94 bits per heavy atom. The second-order valence-corrected chi connectivity index (χ2v) is 7.52. The van der Waals surface area contributed by atoms with Gasteiger partial charge < -0.3 is 19.9 Å². The zero-order valence-corrected chi connectivity index (χ0v) is 17.4. The molecule has 31 heavy (non-hydrogen) atoms. The van der Waals surface area contributed by atoms with Gasteiger partial charge in [-0.15, -0.1) is 0 Å². The molecule has 0 unspecified atom stereocenters. The number of ether oxygens (including phenoxy) is 2. The number of fused-ring (bicyclic) bond motifs is 1. The van der Waals surface area contributed by atoms with Crippen LogP contribution >= 0.6 is 11.8 Å². The summed E-state index contributed by atoms with van der Waals surface area (Å²) in [5.74, 6) is -1.11. The Hall–Kier alpha value is -3.79. The summed E-state index contributed by atoms with van der Waals surface area (Å²) >= 11 is 1.02. The summed E-state index contributed by atoms with van der Waals surface area (Å²) in [5.41, 5.74) is 1.59. The van der Waals surface area contributed by atoms with Crippen molar-refractivity contribution in [1.29, 1.82) is 0 Å². The predicted molar refractivity (Wildman–Crippen MR) is 116 cm³/mol. The van der Waals surface area contributed by atoms with Crippen LogP contribution in [0.4, 0.5) is 11.4 Å². The molecule has 10 heteroatoms. The number of aliphatic imine (C=N–C) groups is 1. The number of carbonyl (C=O) groups is 3. The van der Waals surface area contributed by atoms with Crippen molar-refractivity contribution in [1.82, 2.24) is 5.32 Å². The van der Waals surface area contributed by atoms with Gasteiger partial charge in [0.1, 0.15) is 23.7 Å². The molecule has 2 amide bonds. The maximum absolute atomic E-state index is 13.0. The number of nitrogens with zero attached hydrogens (tertiary/aromatic N) is 2. The van der Waals surface area contributed by atoms with Crippen molar-refractivity contribution in [3.05, 3.63) is 52.9 Å². The Morgan fingerprint density at radius 1 is 1.16 bits per heavy atom. The van der Waals surface area contributed by atoms with E-state index < -0.39 is 24.3 Å². The first-order chi connectivity index (χ1) is 14.9. The van der Waals surface area contributed by atoms with Crippen molar-refractivity contribution < 1.29 is 29.0 Å². The third-order valence-corrected chi connectivity index (χ3v) is 5.66. The standard InChI is InChI=1S/C21H17N3O6S/c1-29-11-7-8-13(15(9-11)30-2)22-21-23-19(27)18(31-21)17-12-5-3-4-6-14(12)24(20(17)28)10-16(25)26/h3-9H,10H2,1-2H3,(H,25,26)(H,22,23,27). The molecule has 0 saturated carbocycles. The normalized spacial score (nSPS) is 18.9. The number of aliphatic carboxylic acids is 1. The number of para-hydroxylation sites is 1. The highest BCUT2D eigenvalue weighted by atomic mass is 32.2. The first-order valence-electron chi connectivity index (χ1n) is 9.10. The molecule has 2 aromatic rings. The lowest BCUT2D eigenvalue weighted by molar-refractivity contribution is -0.136. The minimum Gasteiger partial charge on any atom is -0.497 e. The molecule has 0 aliphatic carbocycles. The molecule has 0 bridgehead atoms. The number of anilines is 1. The average molecular weight is 439 g/mol. The fourth-order valence-electron chi connectivity index (χ4n) is 3.32. The number of methoxy groups -OCH3 is 2.